The average Bonchev–Trinajstić information content (AvgIpc) is 2.94. The van der Waals surface area contributed by atoms with Crippen molar-refractivity contribution in [2.45, 2.75) is 44.7 Å². The standard InChI is InChI=1S/C16H22N6OS/c1-9-6-14(24-22-9)21-13-7-12(8-19-15(13)16(18)23)20-11-4-2-10(17)3-5-11/h6-8,10-11,20-21H,2-5,17H2,1H3,(H2,18,23). The Morgan fingerprint density at radius 1 is 1.29 bits per heavy atom. The minimum absolute atomic E-state index is 0.220. The third-order valence-corrected chi connectivity index (χ3v) is 4.95. The van der Waals surface area contributed by atoms with E-state index in [4.69, 9.17) is 11.5 Å². The lowest BCUT2D eigenvalue weighted by Gasteiger charge is -2.27. The lowest BCUT2D eigenvalue weighted by atomic mass is 9.92. The van der Waals surface area contributed by atoms with Gasteiger partial charge in [0.05, 0.1) is 23.3 Å². The van der Waals surface area contributed by atoms with E-state index in [1.165, 1.54) is 11.5 Å². The van der Waals surface area contributed by atoms with E-state index >= 15 is 0 Å². The van der Waals surface area contributed by atoms with Crippen molar-refractivity contribution in [3.63, 3.8) is 0 Å². The van der Waals surface area contributed by atoms with Crippen molar-refractivity contribution in [1.29, 1.82) is 0 Å². The maximum absolute atomic E-state index is 11.6. The topological polar surface area (TPSA) is 119 Å². The van der Waals surface area contributed by atoms with Crippen molar-refractivity contribution < 1.29 is 4.79 Å². The lowest BCUT2D eigenvalue weighted by molar-refractivity contribution is 0.0996. The van der Waals surface area contributed by atoms with Crippen molar-refractivity contribution in [1.82, 2.24) is 9.36 Å². The maximum Gasteiger partial charge on any atom is 0.269 e. The molecular weight excluding hydrogens is 324 g/mol. The van der Waals surface area contributed by atoms with Crippen LogP contribution in [0.25, 0.3) is 0 Å². The van der Waals surface area contributed by atoms with Crippen LogP contribution in [0.3, 0.4) is 0 Å². The van der Waals surface area contributed by atoms with Crippen LogP contribution in [0.2, 0.25) is 0 Å². The Kier molecular flexibility index (Phi) is 4.96. The SMILES string of the molecule is Cc1cc(Nc2cc(NC3CCC(N)CC3)cnc2C(N)=O)sn1. The second-order valence-electron chi connectivity index (χ2n) is 6.20. The first-order chi connectivity index (χ1) is 11.5. The number of nitrogens with zero attached hydrogens (tertiary/aromatic N) is 2. The van der Waals surface area contributed by atoms with Crippen molar-refractivity contribution in [3.8, 4) is 0 Å². The summed E-state index contributed by atoms with van der Waals surface area (Å²) in [5, 5.41) is 7.51. The summed E-state index contributed by atoms with van der Waals surface area (Å²) in [6.07, 6.45) is 5.77. The molecule has 2 aromatic rings. The van der Waals surface area contributed by atoms with Crippen molar-refractivity contribution in [3.05, 3.63) is 29.7 Å². The van der Waals surface area contributed by atoms with E-state index in [1.54, 1.807) is 6.20 Å². The molecule has 24 heavy (non-hydrogen) atoms. The van der Waals surface area contributed by atoms with Crippen LogP contribution in [0.4, 0.5) is 16.4 Å². The predicted octanol–water partition coefficient (Wildman–Crippen LogP) is 2.37. The van der Waals surface area contributed by atoms with E-state index in [0.29, 0.717) is 17.8 Å². The van der Waals surface area contributed by atoms with Crippen LogP contribution in [0.5, 0.6) is 0 Å². The first-order valence-electron chi connectivity index (χ1n) is 8.03. The highest BCUT2D eigenvalue weighted by Gasteiger charge is 2.19. The van der Waals surface area contributed by atoms with Crippen LogP contribution in [-0.4, -0.2) is 27.3 Å². The molecule has 0 atom stereocenters. The lowest BCUT2D eigenvalue weighted by Crippen LogP contribution is -2.32. The van der Waals surface area contributed by atoms with Gasteiger partial charge in [0, 0.05) is 12.1 Å². The number of carbonyl (C=O) groups is 1. The number of pyridine rings is 1. The third kappa shape index (κ3) is 4.01. The number of aryl methyl sites for hydroxylation is 1. The van der Waals surface area contributed by atoms with Gasteiger partial charge in [0.1, 0.15) is 5.00 Å². The summed E-state index contributed by atoms with van der Waals surface area (Å²) >= 11 is 1.33. The Labute approximate surface area is 145 Å². The molecule has 2 aromatic heterocycles. The zero-order chi connectivity index (χ0) is 17.1. The largest absolute Gasteiger partial charge is 0.381 e. The van der Waals surface area contributed by atoms with E-state index < -0.39 is 5.91 Å². The molecule has 0 unspecified atom stereocenters. The smallest absolute Gasteiger partial charge is 0.269 e. The fourth-order valence-corrected chi connectivity index (χ4v) is 3.56. The Morgan fingerprint density at radius 2 is 2.04 bits per heavy atom. The van der Waals surface area contributed by atoms with Crippen molar-refractivity contribution in [2.24, 2.45) is 11.5 Å². The molecule has 7 nitrogen and oxygen atoms in total. The molecule has 3 rings (SSSR count). The molecule has 1 aliphatic carbocycles. The number of rotatable bonds is 5. The Morgan fingerprint density at radius 3 is 2.67 bits per heavy atom. The summed E-state index contributed by atoms with van der Waals surface area (Å²) in [5.74, 6) is -0.561. The zero-order valence-corrected chi connectivity index (χ0v) is 14.4. The van der Waals surface area contributed by atoms with Gasteiger partial charge < -0.3 is 22.1 Å². The summed E-state index contributed by atoms with van der Waals surface area (Å²) in [7, 11) is 0. The van der Waals surface area contributed by atoms with Gasteiger partial charge in [-0.1, -0.05) is 0 Å². The van der Waals surface area contributed by atoms with Gasteiger partial charge in [-0.25, -0.2) is 4.98 Å². The van der Waals surface area contributed by atoms with E-state index in [0.717, 1.165) is 42.1 Å². The molecule has 1 amide bonds. The number of amides is 1. The van der Waals surface area contributed by atoms with Gasteiger partial charge in [0.15, 0.2) is 5.69 Å². The molecule has 0 spiro atoms. The minimum Gasteiger partial charge on any atom is -0.381 e. The van der Waals surface area contributed by atoms with E-state index in [2.05, 4.69) is 20.0 Å². The average molecular weight is 346 g/mol. The molecule has 1 saturated carbocycles. The van der Waals surface area contributed by atoms with Crippen LogP contribution in [-0.2, 0) is 0 Å². The number of carbonyl (C=O) groups excluding carboxylic acids is 1. The second-order valence-corrected chi connectivity index (χ2v) is 7.00. The summed E-state index contributed by atoms with van der Waals surface area (Å²) in [6, 6.07) is 4.48. The van der Waals surface area contributed by atoms with E-state index in [-0.39, 0.29) is 5.69 Å². The highest BCUT2D eigenvalue weighted by molar-refractivity contribution is 7.10. The van der Waals surface area contributed by atoms with Crippen LogP contribution in [0, 0.1) is 6.92 Å². The number of aromatic nitrogens is 2. The Bertz CT molecular complexity index is 723. The zero-order valence-electron chi connectivity index (χ0n) is 13.6. The monoisotopic (exact) mass is 346 g/mol. The molecule has 0 aliphatic heterocycles. The Hall–Kier alpha value is -2.19. The van der Waals surface area contributed by atoms with Crippen LogP contribution in [0.1, 0.15) is 41.9 Å². The number of hydrogen-bond donors (Lipinski definition) is 4. The van der Waals surface area contributed by atoms with Gasteiger partial charge in [0.25, 0.3) is 5.91 Å². The van der Waals surface area contributed by atoms with Crippen LogP contribution >= 0.6 is 11.5 Å². The molecule has 8 heteroatoms. The van der Waals surface area contributed by atoms with Gasteiger partial charge >= 0.3 is 0 Å². The minimum atomic E-state index is -0.561. The normalized spacial score (nSPS) is 20.6. The molecule has 0 bridgehead atoms. The van der Waals surface area contributed by atoms with Gasteiger partial charge in [-0.3, -0.25) is 4.79 Å². The van der Waals surface area contributed by atoms with Gasteiger partial charge in [-0.15, -0.1) is 0 Å². The van der Waals surface area contributed by atoms with E-state index in [1.807, 2.05) is 19.1 Å². The first kappa shape index (κ1) is 16.7. The molecule has 0 saturated heterocycles. The summed E-state index contributed by atoms with van der Waals surface area (Å²) < 4.78 is 4.23. The summed E-state index contributed by atoms with van der Waals surface area (Å²) in [6.45, 7) is 1.92. The Balaban J connectivity index is 1.78. The molecule has 128 valence electrons. The molecule has 0 aromatic carbocycles. The van der Waals surface area contributed by atoms with Crippen molar-refractivity contribution in [2.75, 3.05) is 10.6 Å². The third-order valence-electron chi connectivity index (χ3n) is 4.15. The second kappa shape index (κ2) is 7.14. The highest BCUT2D eigenvalue weighted by Crippen LogP contribution is 2.27. The van der Waals surface area contributed by atoms with Gasteiger partial charge in [-0.2, -0.15) is 4.37 Å². The molecule has 6 N–H and O–H groups in total. The number of primary amides is 1. The van der Waals surface area contributed by atoms with Crippen LogP contribution in [0.15, 0.2) is 18.3 Å². The number of nitrogens with two attached hydrogens (primary N) is 2. The molecule has 1 fully saturated rings. The predicted molar refractivity (Wildman–Crippen MR) is 96.7 cm³/mol. The fraction of sp³-hybridized carbons (Fsp3) is 0.438. The highest BCUT2D eigenvalue weighted by atomic mass is 32.1. The van der Waals surface area contributed by atoms with E-state index in [9.17, 15) is 4.79 Å². The quantitative estimate of drug-likeness (QED) is 0.660. The van der Waals surface area contributed by atoms with Crippen LogP contribution < -0.4 is 22.1 Å². The van der Waals surface area contributed by atoms with Crippen molar-refractivity contribution >= 4 is 33.8 Å². The summed E-state index contributed by atoms with van der Waals surface area (Å²) in [4.78, 5) is 15.8. The summed E-state index contributed by atoms with van der Waals surface area (Å²) in [5.41, 5.74) is 14.0. The first-order valence-corrected chi connectivity index (χ1v) is 8.81. The molecular formula is C16H22N6OS. The maximum atomic E-state index is 11.6. The van der Waals surface area contributed by atoms with Gasteiger partial charge in [-0.05, 0) is 56.3 Å². The van der Waals surface area contributed by atoms with Gasteiger partial charge in [0.2, 0.25) is 0 Å². The molecule has 1 aliphatic rings. The molecule has 0 radical (unpaired) electrons. The number of hydrogen-bond acceptors (Lipinski definition) is 7. The number of anilines is 3. The number of nitrogens with one attached hydrogen (secondary N) is 2. The molecule has 2 heterocycles. The fourth-order valence-electron chi connectivity index (χ4n) is 2.89.